The van der Waals surface area contributed by atoms with E-state index in [0.29, 0.717) is 0 Å². The van der Waals surface area contributed by atoms with Crippen LogP contribution in [0.1, 0.15) is 39.0 Å². The molecule has 0 aromatic carbocycles. The second-order valence-corrected chi connectivity index (χ2v) is 2.83. The third-order valence-corrected chi connectivity index (χ3v) is 1.81. The molecular formula is C10H17N. The van der Waals surface area contributed by atoms with Gasteiger partial charge < -0.3 is 0 Å². The number of allylic oxidation sites excluding steroid dienone is 1. The lowest BCUT2D eigenvalue weighted by Crippen LogP contribution is -1.95. The minimum Gasteiger partial charge on any atom is -0.198 e. The Morgan fingerprint density at radius 3 is 2.73 bits per heavy atom. The summed E-state index contributed by atoms with van der Waals surface area (Å²) in [4.78, 5) is 0. The summed E-state index contributed by atoms with van der Waals surface area (Å²) in [7, 11) is 0. The molecule has 0 bridgehead atoms. The normalized spacial score (nSPS) is 12.0. The van der Waals surface area contributed by atoms with Crippen molar-refractivity contribution in [2.45, 2.75) is 39.0 Å². The summed E-state index contributed by atoms with van der Waals surface area (Å²) in [6.45, 7) is 5.79. The topological polar surface area (TPSA) is 23.8 Å². The molecule has 0 radical (unpaired) electrons. The third-order valence-electron chi connectivity index (χ3n) is 1.81. The summed E-state index contributed by atoms with van der Waals surface area (Å²) in [6.07, 6.45) is 7.26. The van der Waals surface area contributed by atoms with E-state index in [1.807, 2.05) is 6.08 Å². The van der Waals surface area contributed by atoms with Crippen molar-refractivity contribution < 1.29 is 0 Å². The van der Waals surface area contributed by atoms with Gasteiger partial charge in [-0.05, 0) is 19.3 Å². The molecule has 0 rings (SSSR count). The van der Waals surface area contributed by atoms with Gasteiger partial charge in [-0.15, -0.1) is 6.58 Å². The second-order valence-electron chi connectivity index (χ2n) is 2.83. The number of rotatable bonds is 6. The van der Waals surface area contributed by atoms with Crippen molar-refractivity contribution >= 4 is 0 Å². The largest absolute Gasteiger partial charge is 0.198 e. The van der Waals surface area contributed by atoms with Crippen LogP contribution < -0.4 is 0 Å². The molecule has 0 fully saturated rings. The van der Waals surface area contributed by atoms with E-state index in [0.717, 1.165) is 19.3 Å². The fourth-order valence-electron chi connectivity index (χ4n) is 1.04. The maximum Gasteiger partial charge on any atom is 0.0655 e. The molecule has 0 aromatic rings. The zero-order chi connectivity index (χ0) is 8.53. The van der Waals surface area contributed by atoms with Crippen molar-refractivity contribution in [3.8, 4) is 6.07 Å². The lowest BCUT2D eigenvalue weighted by Gasteiger charge is -2.04. The molecule has 0 aliphatic heterocycles. The van der Waals surface area contributed by atoms with Crippen LogP contribution in [0.3, 0.4) is 0 Å². The SMILES string of the molecule is C=CCCC(C#N)CCCC. The standard InChI is InChI=1S/C10H17N/c1-3-5-7-10(9-11)8-6-4-2/h3,10H,1,4-8H2,2H3. The Bertz CT molecular complexity index is 132. The fourth-order valence-corrected chi connectivity index (χ4v) is 1.04. The van der Waals surface area contributed by atoms with Crippen molar-refractivity contribution in [1.82, 2.24) is 0 Å². The van der Waals surface area contributed by atoms with Gasteiger partial charge in [0, 0.05) is 5.92 Å². The third kappa shape index (κ3) is 5.66. The fraction of sp³-hybridized carbons (Fsp3) is 0.700. The van der Waals surface area contributed by atoms with E-state index in [-0.39, 0.29) is 5.92 Å². The van der Waals surface area contributed by atoms with Crippen LogP contribution in [0.25, 0.3) is 0 Å². The summed E-state index contributed by atoms with van der Waals surface area (Å²) in [5.74, 6) is 0.257. The second kappa shape index (κ2) is 7.34. The highest BCUT2D eigenvalue weighted by atomic mass is 14.3. The highest BCUT2D eigenvalue weighted by Gasteiger charge is 2.03. The molecule has 62 valence electrons. The molecule has 0 aromatic heterocycles. The molecule has 0 spiro atoms. The Labute approximate surface area is 69.7 Å². The van der Waals surface area contributed by atoms with Crippen molar-refractivity contribution in [1.29, 1.82) is 5.26 Å². The molecule has 0 amide bonds. The minimum absolute atomic E-state index is 0.257. The molecule has 0 saturated heterocycles. The predicted octanol–water partition coefficient (Wildman–Crippen LogP) is 3.28. The van der Waals surface area contributed by atoms with E-state index >= 15 is 0 Å². The highest BCUT2D eigenvalue weighted by Crippen LogP contribution is 2.13. The Balaban J connectivity index is 3.43. The van der Waals surface area contributed by atoms with E-state index < -0.39 is 0 Å². The number of nitriles is 1. The van der Waals surface area contributed by atoms with Crippen molar-refractivity contribution in [3.63, 3.8) is 0 Å². The molecular weight excluding hydrogens is 134 g/mol. The lowest BCUT2D eigenvalue weighted by molar-refractivity contribution is 0.533. The molecule has 0 N–H and O–H groups in total. The first-order chi connectivity index (χ1) is 5.35. The molecule has 1 atom stereocenters. The van der Waals surface area contributed by atoms with Gasteiger partial charge in [-0.1, -0.05) is 25.8 Å². The van der Waals surface area contributed by atoms with Gasteiger partial charge >= 0.3 is 0 Å². The van der Waals surface area contributed by atoms with Crippen molar-refractivity contribution in [2.24, 2.45) is 5.92 Å². The van der Waals surface area contributed by atoms with Crippen LogP contribution in [0.15, 0.2) is 12.7 Å². The zero-order valence-electron chi connectivity index (χ0n) is 7.34. The van der Waals surface area contributed by atoms with Gasteiger partial charge in [-0.3, -0.25) is 0 Å². The summed E-state index contributed by atoms with van der Waals surface area (Å²) < 4.78 is 0. The molecule has 0 heterocycles. The first kappa shape index (κ1) is 10.2. The first-order valence-corrected chi connectivity index (χ1v) is 4.35. The van der Waals surface area contributed by atoms with Crippen LogP contribution in [-0.4, -0.2) is 0 Å². The summed E-state index contributed by atoms with van der Waals surface area (Å²) in [5.41, 5.74) is 0. The monoisotopic (exact) mass is 151 g/mol. The van der Waals surface area contributed by atoms with Gasteiger partial charge in [0.15, 0.2) is 0 Å². The van der Waals surface area contributed by atoms with E-state index in [4.69, 9.17) is 5.26 Å². The van der Waals surface area contributed by atoms with Gasteiger partial charge in [0.25, 0.3) is 0 Å². The maximum absolute atomic E-state index is 8.69. The summed E-state index contributed by atoms with van der Waals surface area (Å²) >= 11 is 0. The number of hydrogen-bond acceptors (Lipinski definition) is 1. The van der Waals surface area contributed by atoms with E-state index in [1.165, 1.54) is 12.8 Å². The van der Waals surface area contributed by atoms with Gasteiger partial charge in [0.1, 0.15) is 0 Å². The Morgan fingerprint density at radius 2 is 2.27 bits per heavy atom. The van der Waals surface area contributed by atoms with Gasteiger partial charge in [0.2, 0.25) is 0 Å². The minimum atomic E-state index is 0.257. The summed E-state index contributed by atoms with van der Waals surface area (Å²) in [6, 6.07) is 2.32. The number of nitrogens with zero attached hydrogens (tertiary/aromatic N) is 1. The number of unbranched alkanes of at least 4 members (excludes halogenated alkanes) is 1. The molecule has 0 aliphatic rings. The Kier molecular flexibility index (Phi) is 6.82. The Morgan fingerprint density at radius 1 is 1.55 bits per heavy atom. The Hall–Kier alpha value is -0.770. The average molecular weight is 151 g/mol. The van der Waals surface area contributed by atoms with Gasteiger partial charge in [0.05, 0.1) is 6.07 Å². The maximum atomic E-state index is 8.69. The average Bonchev–Trinajstić information content (AvgIpc) is 2.05. The van der Waals surface area contributed by atoms with Crippen LogP contribution in [0.4, 0.5) is 0 Å². The van der Waals surface area contributed by atoms with Crippen LogP contribution in [0.5, 0.6) is 0 Å². The van der Waals surface area contributed by atoms with E-state index in [1.54, 1.807) is 0 Å². The van der Waals surface area contributed by atoms with Gasteiger partial charge in [-0.2, -0.15) is 5.26 Å². The summed E-state index contributed by atoms with van der Waals surface area (Å²) in [5, 5.41) is 8.69. The molecule has 0 aliphatic carbocycles. The quantitative estimate of drug-likeness (QED) is 0.534. The van der Waals surface area contributed by atoms with E-state index in [9.17, 15) is 0 Å². The molecule has 0 saturated carbocycles. The van der Waals surface area contributed by atoms with E-state index in [2.05, 4.69) is 19.6 Å². The molecule has 1 heteroatoms. The predicted molar refractivity (Wildman–Crippen MR) is 48.1 cm³/mol. The smallest absolute Gasteiger partial charge is 0.0655 e. The van der Waals surface area contributed by atoms with Crippen molar-refractivity contribution in [3.05, 3.63) is 12.7 Å². The van der Waals surface area contributed by atoms with Crippen LogP contribution >= 0.6 is 0 Å². The molecule has 1 unspecified atom stereocenters. The first-order valence-electron chi connectivity index (χ1n) is 4.35. The van der Waals surface area contributed by atoms with Gasteiger partial charge in [-0.25, -0.2) is 0 Å². The molecule has 11 heavy (non-hydrogen) atoms. The zero-order valence-corrected chi connectivity index (χ0v) is 7.34. The highest BCUT2D eigenvalue weighted by molar-refractivity contribution is 4.84. The molecule has 1 nitrogen and oxygen atoms in total. The van der Waals surface area contributed by atoms with Crippen LogP contribution in [0.2, 0.25) is 0 Å². The van der Waals surface area contributed by atoms with Crippen LogP contribution in [-0.2, 0) is 0 Å². The lowest BCUT2D eigenvalue weighted by atomic mass is 9.98. The number of hydrogen-bond donors (Lipinski definition) is 0. The van der Waals surface area contributed by atoms with Crippen molar-refractivity contribution in [2.75, 3.05) is 0 Å². The van der Waals surface area contributed by atoms with Crippen LogP contribution in [0, 0.1) is 17.2 Å².